The molecule has 0 amide bonds. The number of allylic oxidation sites excluding steroid dienone is 1. The third-order valence-electron chi connectivity index (χ3n) is 3.19. The first kappa shape index (κ1) is 14.4. The first-order valence-electron chi connectivity index (χ1n) is 5.95. The summed E-state index contributed by atoms with van der Waals surface area (Å²) in [5.41, 5.74) is 5.69. The highest BCUT2D eigenvalue weighted by atomic mass is 16.5. The lowest BCUT2D eigenvalue weighted by atomic mass is 9.82. The number of nitrogens with zero attached hydrogens (tertiary/aromatic N) is 1. The summed E-state index contributed by atoms with van der Waals surface area (Å²) in [4.78, 5) is 22.9. The van der Waals surface area contributed by atoms with Crippen molar-refractivity contribution < 1.29 is 24.5 Å². The van der Waals surface area contributed by atoms with E-state index >= 15 is 0 Å². The average molecular weight is 291 g/mol. The fraction of sp³-hybridized carbons (Fsp3) is 0.154. The number of hydrogen-bond donors (Lipinski definition) is 4. The van der Waals surface area contributed by atoms with E-state index < -0.39 is 17.9 Å². The maximum Gasteiger partial charge on any atom is 0.336 e. The molecule has 1 aromatic heterocycles. The molecule has 8 nitrogen and oxygen atoms in total. The zero-order valence-electron chi connectivity index (χ0n) is 11.0. The van der Waals surface area contributed by atoms with Gasteiger partial charge in [0.15, 0.2) is 12.4 Å². The molecule has 5 N–H and O–H groups in total. The fourth-order valence-corrected chi connectivity index (χ4v) is 2.35. The maximum absolute atomic E-state index is 11.5. The normalized spacial score (nSPS) is 18.4. The Bertz CT molecular complexity index is 657. The number of aromatic nitrogens is 1. The monoisotopic (exact) mass is 291 g/mol. The van der Waals surface area contributed by atoms with Crippen LogP contribution < -0.4 is 15.8 Å². The van der Waals surface area contributed by atoms with E-state index in [9.17, 15) is 25.0 Å². The Kier molecular flexibility index (Phi) is 3.53. The molecule has 1 unspecified atom stereocenters. The number of carboxylic acids is 2. The minimum atomic E-state index is -1.35. The van der Waals surface area contributed by atoms with Crippen molar-refractivity contribution >= 4 is 11.9 Å². The summed E-state index contributed by atoms with van der Waals surface area (Å²) >= 11 is 0. The third-order valence-corrected chi connectivity index (χ3v) is 3.19. The molecule has 1 atom stereocenters. The molecule has 0 fully saturated rings. The molecule has 1 aliphatic rings. The van der Waals surface area contributed by atoms with Gasteiger partial charge < -0.3 is 26.5 Å². The van der Waals surface area contributed by atoms with E-state index in [-0.39, 0.29) is 28.2 Å². The molecule has 0 spiro atoms. The lowest BCUT2D eigenvalue weighted by Gasteiger charge is -2.27. The van der Waals surface area contributed by atoms with E-state index in [1.54, 1.807) is 0 Å². The second-order valence-corrected chi connectivity index (χ2v) is 4.53. The van der Waals surface area contributed by atoms with Gasteiger partial charge in [0.1, 0.15) is 5.82 Å². The molecule has 8 heteroatoms. The number of carboxylic acid groups (broad SMARTS) is 2. The second kappa shape index (κ2) is 5.16. The molecule has 2 rings (SSSR count). The first-order valence-corrected chi connectivity index (χ1v) is 5.95. The average Bonchev–Trinajstić information content (AvgIpc) is 2.36. The van der Waals surface area contributed by atoms with Crippen LogP contribution in [0.5, 0.6) is 0 Å². The van der Waals surface area contributed by atoms with Gasteiger partial charge in [0.2, 0.25) is 0 Å². The molecule has 0 radical (unpaired) electrons. The van der Waals surface area contributed by atoms with Gasteiger partial charge in [0.25, 0.3) is 0 Å². The van der Waals surface area contributed by atoms with Crippen molar-refractivity contribution in [3.8, 4) is 0 Å². The minimum absolute atomic E-state index is 0.142. The van der Waals surface area contributed by atoms with E-state index in [1.165, 1.54) is 25.3 Å². The first-order chi connectivity index (χ1) is 9.82. The number of pyridine rings is 1. The highest BCUT2D eigenvalue weighted by molar-refractivity contribution is 5.98. The van der Waals surface area contributed by atoms with Crippen molar-refractivity contribution in [2.24, 2.45) is 5.73 Å². The number of rotatable bonds is 3. The van der Waals surface area contributed by atoms with Gasteiger partial charge in [-0.1, -0.05) is 0 Å². The van der Waals surface area contributed by atoms with Gasteiger partial charge in [-0.05, 0) is 13.0 Å². The zero-order valence-corrected chi connectivity index (χ0v) is 11.0. The Morgan fingerprint density at radius 2 is 1.95 bits per heavy atom. The summed E-state index contributed by atoms with van der Waals surface area (Å²) in [6, 6.07) is 2.89. The molecular weight excluding hydrogens is 278 g/mol. The Morgan fingerprint density at radius 1 is 1.33 bits per heavy atom. The number of dihydropyridines is 1. The lowest BCUT2D eigenvalue weighted by molar-refractivity contribution is -0.605. The number of nitrogens with two attached hydrogens (primary N) is 1. The molecule has 0 saturated heterocycles. The minimum Gasteiger partial charge on any atom is -0.619 e. The van der Waals surface area contributed by atoms with Crippen molar-refractivity contribution in [1.82, 2.24) is 5.32 Å². The number of aliphatic carboxylic acids is 2. The van der Waals surface area contributed by atoms with E-state index in [4.69, 9.17) is 5.73 Å². The van der Waals surface area contributed by atoms with Crippen LogP contribution in [0.2, 0.25) is 0 Å². The fourth-order valence-electron chi connectivity index (χ4n) is 2.35. The Morgan fingerprint density at radius 3 is 2.48 bits per heavy atom. The predicted octanol–water partition coefficient (Wildman–Crippen LogP) is -0.380. The van der Waals surface area contributed by atoms with Crippen LogP contribution in [0.3, 0.4) is 0 Å². The van der Waals surface area contributed by atoms with E-state index in [1.807, 2.05) is 0 Å². The Labute approximate surface area is 119 Å². The zero-order chi connectivity index (χ0) is 15.7. The standard InChI is InChI=1S/C13H13N3O5/c1-6-8(12(17)18)9(7-3-2-4-16(21)5-7)10(13(19)20)11(14)15-6/h2-5,9,15H,14H2,1H3,(H,17,18)(H,19,20). The van der Waals surface area contributed by atoms with Crippen LogP contribution >= 0.6 is 0 Å². The molecular formula is C13H13N3O5. The van der Waals surface area contributed by atoms with Gasteiger partial charge in [0.05, 0.1) is 17.1 Å². The molecule has 0 aliphatic carbocycles. The van der Waals surface area contributed by atoms with Gasteiger partial charge >= 0.3 is 11.9 Å². The SMILES string of the molecule is CC1=C(C(=O)O)C(c2ccc[n+]([O-])c2)C(C(=O)O)=C(N)N1. The number of nitrogens with one attached hydrogen (secondary N) is 1. The second-order valence-electron chi connectivity index (χ2n) is 4.53. The Hall–Kier alpha value is -3.03. The molecule has 0 aromatic carbocycles. The van der Waals surface area contributed by atoms with E-state index in [0.29, 0.717) is 4.73 Å². The summed E-state index contributed by atoms with van der Waals surface area (Å²) in [5.74, 6) is -3.89. The van der Waals surface area contributed by atoms with Crippen molar-refractivity contribution in [3.05, 3.63) is 58.0 Å². The third kappa shape index (κ3) is 2.50. The van der Waals surface area contributed by atoms with Crippen LogP contribution in [0, 0.1) is 5.21 Å². The molecule has 0 saturated carbocycles. The summed E-state index contributed by atoms with van der Waals surface area (Å²) in [7, 11) is 0. The summed E-state index contributed by atoms with van der Waals surface area (Å²) in [6.45, 7) is 1.48. The number of hydrogen-bond acceptors (Lipinski definition) is 5. The van der Waals surface area contributed by atoms with Crippen LogP contribution in [0.1, 0.15) is 18.4 Å². The summed E-state index contributed by atoms with van der Waals surface area (Å²) in [5, 5.41) is 32.6. The molecule has 1 aliphatic heterocycles. The van der Waals surface area contributed by atoms with Crippen LogP contribution in [-0.2, 0) is 9.59 Å². The smallest absolute Gasteiger partial charge is 0.336 e. The Balaban J connectivity index is 2.70. The van der Waals surface area contributed by atoms with Crippen molar-refractivity contribution in [3.63, 3.8) is 0 Å². The predicted molar refractivity (Wildman–Crippen MR) is 70.5 cm³/mol. The van der Waals surface area contributed by atoms with Crippen molar-refractivity contribution in [2.75, 3.05) is 0 Å². The summed E-state index contributed by atoms with van der Waals surface area (Å²) < 4.78 is 0.474. The van der Waals surface area contributed by atoms with E-state index in [2.05, 4.69) is 5.32 Å². The number of carbonyl (C=O) groups is 2. The molecule has 1 aromatic rings. The highest BCUT2D eigenvalue weighted by Gasteiger charge is 2.37. The van der Waals surface area contributed by atoms with Crippen molar-refractivity contribution in [1.29, 1.82) is 0 Å². The summed E-state index contributed by atoms with van der Waals surface area (Å²) in [6.07, 6.45) is 2.34. The van der Waals surface area contributed by atoms with Crippen LogP contribution in [0.15, 0.2) is 47.2 Å². The van der Waals surface area contributed by atoms with Gasteiger partial charge in [-0.15, -0.1) is 0 Å². The van der Waals surface area contributed by atoms with Gasteiger partial charge in [0, 0.05) is 17.3 Å². The largest absolute Gasteiger partial charge is 0.619 e. The van der Waals surface area contributed by atoms with Crippen LogP contribution in [-0.4, -0.2) is 22.2 Å². The van der Waals surface area contributed by atoms with Crippen LogP contribution in [0.4, 0.5) is 0 Å². The van der Waals surface area contributed by atoms with E-state index in [0.717, 1.165) is 6.20 Å². The highest BCUT2D eigenvalue weighted by Crippen LogP contribution is 2.36. The quantitative estimate of drug-likeness (QED) is 0.439. The lowest BCUT2D eigenvalue weighted by Crippen LogP contribution is -2.36. The molecule has 2 heterocycles. The molecule has 0 bridgehead atoms. The van der Waals surface area contributed by atoms with Gasteiger partial charge in [-0.25, -0.2) is 9.59 Å². The van der Waals surface area contributed by atoms with Gasteiger partial charge in [-0.2, -0.15) is 4.73 Å². The van der Waals surface area contributed by atoms with Crippen LogP contribution in [0.25, 0.3) is 0 Å². The molecule has 110 valence electrons. The maximum atomic E-state index is 11.5. The molecule has 21 heavy (non-hydrogen) atoms. The van der Waals surface area contributed by atoms with Gasteiger partial charge in [-0.3, -0.25) is 0 Å². The topological polar surface area (TPSA) is 140 Å². The van der Waals surface area contributed by atoms with Crippen molar-refractivity contribution in [2.45, 2.75) is 12.8 Å².